The molecule has 2 heterocycles. The van der Waals surface area contributed by atoms with Gasteiger partial charge in [-0.2, -0.15) is 4.31 Å². The third kappa shape index (κ3) is 2.06. The van der Waals surface area contributed by atoms with Gasteiger partial charge in [-0.25, -0.2) is 8.42 Å². The highest BCUT2D eigenvalue weighted by atomic mass is 32.2. The van der Waals surface area contributed by atoms with Crippen LogP contribution >= 0.6 is 0 Å². The predicted molar refractivity (Wildman–Crippen MR) is 70.2 cm³/mol. The first kappa shape index (κ1) is 13.4. The van der Waals surface area contributed by atoms with Crippen LogP contribution in [0.1, 0.15) is 18.4 Å². The maximum atomic E-state index is 12.6. The zero-order valence-electron chi connectivity index (χ0n) is 10.8. The highest BCUT2D eigenvalue weighted by molar-refractivity contribution is 7.89. The van der Waals surface area contributed by atoms with Crippen LogP contribution in [0.15, 0.2) is 23.1 Å². The molecule has 1 fully saturated rings. The number of benzene rings is 1. The molecule has 0 spiro atoms. The van der Waals surface area contributed by atoms with Gasteiger partial charge in [-0.3, -0.25) is 4.79 Å². The third-order valence-electron chi connectivity index (χ3n) is 3.76. The molecule has 0 bridgehead atoms. The summed E-state index contributed by atoms with van der Waals surface area (Å²) in [5, 5.41) is 9.12. The Morgan fingerprint density at radius 2 is 2.20 bits per heavy atom. The Kier molecular flexibility index (Phi) is 3.18. The molecule has 7 heteroatoms. The van der Waals surface area contributed by atoms with E-state index in [2.05, 4.69) is 0 Å². The minimum Gasteiger partial charge on any atom is -0.493 e. The highest BCUT2D eigenvalue weighted by Gasteiger charge is 2.39. The van der Waals surface area contributed by atoms with Crippen LogP contribution in [0.3, 0.4) is 0 Å². The van der Waals surface area contributed by atoms with Gasteiger partial charge in [0.15, 0.2) is 0 Å². The van der Waals surface area contributed by atoms with E-state index >= 15 is 0 Å². The molecule has 2 aliphatic rings. The predicted octanol–water partition coefficient (Wildman–Crippen LogP) is 0.859. The molecule has 108 valence electrons. The smallest absolute Gasteiger partial charge is 0.322 e. The van der Waals surface area contributed by atoms with Crippen LogP contribution in [0.2, 0.25) is 0 Å². The van der Waals surface area contributed by atoms with Crippen LogP contribution in [0.4, 0.5) is 0 Å². The number of sulfonamides is 1. The van der Waals surface area contributed by atoms with Crippen LogP contribution in [-0.2, 0) is 21.2 Å². The van der Waals surface area contributed by atoms with Crippen LogP contribution < -0.4 is 4.74 Å². The van der Waals surface area contributed by atoms with Gasteiger partial charge in [0.05, 0.1) is 11.5 Å². The minimum absolute atomic E-state index is 0.148. The number of fused-ring (bicyclic) bond motifs is 1. The molecule has 0 saturated carbocycles. The first-order chi connectivity index (χ1) is 9.50. The van der Waals surface area contributed by atoms with Crippen molar-refractivity contribution in [1.29, 1.82) is 0 Å². The van der Waals surface area contributed by atoms with Gasteiger partial charge in [0.25, 0.3) is 0 Å². The molecule has 1 aromatic carbocycles. The number of aliphatic carboxylic acids is 1. The van der Waals surface area contributed by atoms with E-state index in [1.54, 1.807) is 12.1 Å². The second-order valence-corrected chi connectivity index (χ2v) is 6.87. The third-order valence-corrected chi connectivity index (χ3v) is 5.66. The van der Waals surface area contributed by atoms with Gasteiger partial charge in [-0.1, -0.05) is 0 Å². The number of hydrogen-bond donors (Lipinski definition) is 1. The summed E-state index contributed by atoms with van der Waals surface area (Å²) in [7, 11) is -3.76. The van der Waals surface area contributed by atoms with Gasteiger partial charge in [-0.15, -0.1) is 0 Å². The maximum Gasteiger partial charge on any atom is 0.322 e. The van der Waals surface area contributed by atoms with Crippen molar-refractivity contribution in [3.05, 3.63) is 23.8 Å². The summed E-state index contributed by atoms with van der Waals surface area (Å²) in [6.07, 6.45) is 1.62. The lowest BCUT2D eigenvalue weighted by molar-refractivity contribution is -0.140. The minimum atomic E-state index is -3.76. The van der Waals surface area contributed by atoms with Gasteiger partial charge >= 0.3 is 5.97 Å². The Morgan fingerprint density at radius 3 is 2.95 bits per heavy atom. The number of carbonyl (C=O) groups is 1. The fraction of sp³-hybridized carbons (Fsp3) is 0.462. The molecule has 3 rings (SSSR count). The van der Waals surface area contributed by atoms with Gasteiger partial charge < -0.3 is 9.84 Å². The summed E-state index contributed by atoms with van der Waals surface area (Å²) in [4.78, 5) is 11.3. The Balaban J connectivity index is 1.97. The van der Waals surface area contributed by atoms with Crippen LogP contribution in [-0.4, -0.2) is 43.0 Å². The zero-order valence-corrected chi connectivity index (χ0v) is 11.6. The van der Waals surface area contributed by atoms with E-state index in [0.29, 0.717) is 31.6 Å². The van der Waals surface area contributed by atoms with Crippen molar-refractivity contribution < 1.29 is 23.1 Å². The molecule has 6 nitrogen and oxygen atoms in total. The molecule has 1 saturated heterocycles. The lowest BCUT2D eigenvalue weighted by atomic mass is 10.2. The summed E-state index contributed by atoms with van der Waals surface area (Å²) >= 11 is 0. The molecule has 1 atom stereocenters. The summed E-state index contributed by atoms with van der Waals surface area (Å²) in [5.74, 6) is -0.379. The van der Waals surface area contributed by atoms with Crippen LogP contribution in [0, 0.1) is 0 Å². The average molecular weight is 297 g/mol. The summed E-state index contributed by atoms with van der Waals surface area (Å²) in [6.45, 7) is 0.813. The molecule has 0 radical (unpaired) electrons. The van der Waals surface area contributed by atoms with Crippen LogP contribution in [0.5, 0.6) is 5.75 Å². The average Bonchev–Trinajstić information content (AvgIpc) is 3.06. The van der Waals surface area contributed by atoms with E-state index in [-0.39, 0.29) is 11.4 Å². The maximum absolute atomic E-state index is 12.6. The first-order valence-corrected chi connectivity index (χ1v) is 7.94. The van der Waals surface area contributed by atoms with E-state index in [4.69, 9.17) is 9.84 Å². The van der Waals surface area contributed by atoms with Gasteiger partial charge in [0.1, 0.15) is 11.8 Å². The van der Waals surface area contributed by atoms with E-state index < -0.39 is 22.0 Å². The summed E-state index contributed by atoms with van der Waals surface area (Å²) in [6, 6.07) is 3.76. The van der Waals surface area contributed by atoms with Crippen molar-refractivity contribution in [2.75, 3.05) is 13.2 Å². The van der Waals surface area contributed by atoms with Crippen LogP contribution in [0.25, 0.3) is 0 Å². The number of nitrogens with zero attached hydrogens (tertiary/aromatic N) is 1. The lowest BCUT2D eigenvalue weighted by Crippen LogP contribution is -2.40. The van der Waals surface area contributed by atoms with Gasteiger partial charge in [0.2, 0.25) is 10.0 Å². The first-order valence-electron chi connectivity index (χ1n) is 6.50. The Hall–Kier alpha value is -1.60. The van der Waals surface area contributed by atoms with E-state index in [9.17, 15) is 13.2 Å². The summed E-state index contributed by atoms with van der Waals surface area (Å²) < 4.78 is 31.6. The second kappa shape index (κ2) is 4.75. The molecule has 0 aliphatic carbocycles. The molecule has 1 aromatic rings. The normalized spacial score (nSPS) is 22.5. The van der Waals surface area contributed by atoms with Crippen molar-refractivity contribution in [3.63, 3.8) is 0 Å². The second-order valence-electron chi connectivity index (χ2n) is 4.98. The topological polar surface area (TPSA) is 83.9 Å². The SMILES string of the molecule is O=C(O)[C@H]1CCCN1S(=O)(=O)c1ccc2c(c1)CCO2. The van der Waals surface area contributed by atoms with Crippen molar-refractivity contribution >= 4 is 16.0 Å². The Labute approximate surface area is 117 Å². The molecular formula is C13H15NO5S. The van der Waals surface area contributed by atoms with Crippen molar-refractivity contribution in [3.8, 4) is 5.75 Å². The zero-order chi connectivity index (χ0) is 14.3. The Bertz CT molecular complexity index is 655. The number of rotatable bonds is 3. The lowest BCUT2D eigenvalue weighted by Gasteiger charge is -2.21. The van der Waals surface area contributed by atoms with Crippen molar-refractivity contribution in [1.82, 2.24) is 4.31 Å². The van der Waals surface area contributed by atoms with E-state index in [0.717, 1.165) is 9.87 Å². The quantitative estimate of drug-likeness (QED) is 0.894. The van der Waals surface area contributed by atoms with Crippen molar-refractivity contribution in [2.24, 2.45) is 0 Å². The largest absolute Gasteiger partial charge is 0.493 e. The van der Waals surface area contributed by atoms with E-state index in [1.807, 2.05) is 0 Å². The molecule has 20 heavy (non-hydrogen) atoms. The number of carboxylic acid groups (broad SMARTS) is 1. The summed E-state index contributed by atoms with van der Waals surface area (Å²) in [5.41, 5.74) is 0.858. The molecule has 1 N–H and O–H groups in total. The number of ether oxygens (including phenoxy) is 1. The highest BCUT2D eigenvalue weighted by Crippen LogP contribution is 2.31. The standard InChI is InChI=1S/C13H15NO5S/c15-13(16)11-2-1-6-14(11)20(17,18)10-3-4-12-9(8-10)5-7-19-12/h3-4,8,11H,1-2,5-7H2,(H,15,16)/t11-/m1/s1. The Morgan fingerprint density at radius 1 is 1.40 bits per heavy atom. The fourth-order valence-corrected chi connectivity index (χ4v) is 4.44. The monoisotopic (exact) mass is 297 g/mol. The molecule has 0 amide bonds. The van der Waals surface area contributed by atoms with Gasteiger partial charge in [0, 0.05) is 13.0 Å². The molecule has 0 aromatic heterocycles. The number of carboxylic acids is 1. The molecule has 2 aliphatic heterocycles. The van der Waals surface area contributed by atoms with Gasteiger partial charge in [-0.05, 0) is 36.6 Å². The van der Waals surface area contributed by atoms with E-state index in [1.165, 1.54) is 6.07 Å². The number of hydrogen-bond acceptors (Lipinski definition) is 4. The fourth-order valence-electron chi connectivity index (χ4n) is 2.73. The molecular weight excluding hydrogens is 282 g/mol. The molecule has 0 unspecified atom stereocenters. The van der Waals surface area contributed by atoms with Crippen molar-refractivity contribution in [2.45, 2.75) is 30.2 Å².